The van der Waals surface area contributed by atoms with Gasteiger partial charge >= 0.3 is 0 Å². The van der Waals surface area contributed by atoms with E-state index in [-0.39, 0.29) is 5.91 Å². The first kappa shape index (κ1) is 13.3. The van der Waals surface area contributed by atoms with Gasteiger partial charge in [-0.15, -0.1) is 0 Å². The highest BCUT2D eigenvalue weighted by Crippen LogP contribution is 2.10. The summed E-state index contributed by atoms with van der Waals surface area (Å²) in [7, 11) is 0. The zero-order valence-corrected chi connectivity index (χ0v) is 11.2. The quantitative estimate of drug-likeness (QED) is 0.674. The number of hydrogen-bond donors (Lipinski definition) is 1. The smallest absolute Gasteiger partial charge is 0.267 e. The van der Waals surface area contributed by atoms with Crippen LogP contribution in [0, 0.1) is 0 Å². The van der Waals surface area contributed by atoms with Crippen molar-refractivity contribution in [1.29, 1.82) is 0 Å². The number of carbonyl (C=O) groups excluding carboxylic acids is 1. The molecule has 0 spiro atoms. The first-order valence-electron chi connectivity index (χ1n) is 5.82. The van der Waals surface area contributed by atoms with Crippen molar-refractivity contribution >= 4 is 23.2 Å². The lowest BCUT2D eigenvalue weighted by Gasteiger charge is -2.03. The number of nitrogens with zero attached hydrogens (tertiary/aromatic N) is 1. The highest BCUT2D eigenvalue weighted by Gasteiger charge is 2.05. The molecule has 1 amide bonds. The van der Waals surface area contributed by atoms with Crippen LogP contribution in [0.4, 0.5) is 0 Å². The number of benzene rings is 2. The third kappa shape index (κ3) is 3.66. The molecule has 0 aromatic heterocycles. The molecule has 0 aliphatic rings. The minimum Gasteiger partial charge on any atom is -0.267 e. The van der Waals surface area contributed by atoms with E-state index in [1.54, 1.807) is 24.3 Å². The zero-order chi connectivity index (χ0) is 13.7. The minimum atomic E-state index is -0.280. The van der Waals surface area contributed by atoms with Gasteiger partial charge in [-0.1, -0.05) is 48.0 Å². The van der Waals surface area contributed by atoms with E-state index < -0.39 is 0 Å². The normalized spacial score (nSPS) is 11.2. The standard InChI is InChI=1S/C15H13ClN2O/c1-11(12-6-3-2-4-7-12)17-18-15(19)13-8-5-9-14(16)10-13/h2-10H,1H3,(H,18,19)/b17-11-. The SMILES string of the molecule is C/C(=N/NC(=O)c1cccc(Cl)c1)c1ccccc1. The van der Waals surface area contributed by atoms with Crippen LogP contribution in [-0.2, 0) is 0 Å². The van der Waals surface area contributed by atoms with E-state index in [1.807, 2.05) is 37.3 Å². The lowest BCUT2D eigenvalue weighted by molar-refractivity contribution is 0.0955. The summed E-state index contributed by atoms with van der Waals surface area (Å²) in [5.41, 5.74) is 4.71. The summed E-state index contributed by atoms with van der Waals surface area (Å²) in [6.45, 7) is 1.84. The molecule has 96 valence electrons. The molecule has 0 heterocycles. The van der Waals surface area contributed by atoms with Crippen LogP contribution in [0.1, 0.15) is 22.8 Å². The maximum atomic E-state index is 11.9. The molecule has 0 saturated carbocycles. The number of nitrogens with one attached hydrogen (secondary N) is 1. The van der Waals surface area contributed by atoms with Gasteiger partial charge in [0.25, 0.3) is 5.91 Å². The zero-order valence-electron chi connectivity index (χ0n) is 10.4. The van der Waals surface area contributed by atoms with Crippen molar-refractivity contribution in [2.75, 3.05) is 0 Å². The molecule has 0 aliphatic heterocycles. The number of carbonyl (C=O) groups is 1. The third-order valence-electron chi connectivity index (χ3n) is 2.60. The van der Waals surface area contributed by atoms with Crippen molar-refractivity contribution in [2.45, 2.75) is 6.92 Å². The van der Waals surface area contributed by atoms with Crippen molar-refractivity contribution < 1.29 is 4.79 Å². The second-order valence-electron chi connectivity index (χ2n) is 4.01. The molecule has 0 unspecified atom stereocenters. The molecule has 0 aliphatic carbocycles. The number of hydrogen-bond acceptors (Lipinski definition) is 2. The Balaban J connectivity index is 2.08. The lowest BCUT2D eigenvalue weighted by atomic mass is 10.1. The number of hydrazone groups is 1. The number of halogens is 1. The maximum absolute atomic E-state index is 11.9. The summed E-state index contributed by atoms with van der Waals surface area (Å²) in [4.78, 5) is 11.9. The monoisotopic (exact) mass is 272 g/mol. The Kier molecular flexibility index (Phi) is 4.31. The molecule has 0 radical (unpaired) electrons. The van der Waals surface area contributed by atoms with E-state index in [2.05, 4.69) is 10.5 Å². The van der Waals surface area contributed by atoms with E-state index in [1.165, 1.54) is 0 Å². The van der Waals surface area contributed by atoms with Gasteiger partial charge in [0.05, 0.1) is 5.71 Å². The molecule has 0 fully saturated rings. The summed E-state index contributed by atoms with van der Waals surface area (Å²) in [6.07, 6.45) is 0. The average molecular weight is 273 g/mol. The molecule has 4 heteroatoms. The predicted octanol–water partition coefficient (Wildman–Crippen LogP) is 3.49. The van der Waals surface area contributed by atoms with Gasteiger partial charge in [-0.25, -0.2) is 5.43 Å². The summed E-state index contributed by atoms with van der Waals surface area (Å²) >= 11 is 5.83. The molecule has 2 aromatic rings. The van der Waals surface area contributed by atoms with Gasteiger partial charge in [0, 0.05) is 10.6 Å². The van der Waals surface area contributed by atoms with Crippen LogP contribution in [0.2, 0.25) is 5.02 Å². The fraction of sp³-hybridized carbons (Fsp3) is 0.0667. The van der Waals surface area contributed by atoms with Gasteiger partial charge in [0.15, 0.2) is 0 Å². The van der Waals surface area contributed by atoms with Crippen molar-refractivity contribution in [3.63, 3.8) is 0 Å². The van der Waals surface area contributed by atoms with Crippen molar-refractivity contribution in [3.8, 4) is 0 Å². The average Bonchev–Trinajstić information content (AvgIpc) is 2.45. The molecule has 0 atom stereocenters. The highest BCUT2D eigenvalue weighted by atomic mass is 35.5. The Bertz CT molecular complexity index is 609. The minimum absolute atomic E-state index is 0.280. The Morgan fingerprint density at radius 3 is 2.42 bits per heavy atom. The molecular formula is C15H13ClN2O. The van der Waals surface area contributed by atoms with Crippen LogP contribution >= 0.6 is 11.6 Å². The molecule has 19 heavy (non-hydrogen) atoms. The number of amides is 1. The summed E-state index contributed by atoms with van der Waals surface area (Å²) < 4.78 is 0. The van der Waals surface area contributed by atoms with E-state index in [9.17, 15) is 4.79 Å². The molecular weight excluding hydrogens is 260 g/mol. The van der Waals surface area contributed by atoms with Gasteiger partial charge < -0.3 is 0 Å². The van der Waals surface area contributed by atoms with Gasteiger partial charge in [0.1, 0.15) is 0 Å². The van der Waals surface area contributed by atoms with Crippen LogP contribution < -0.4 is 5.43 Å². The van der Waals surface area contributed by atoms with E-state index in [4.69, 9.17) is 11.6 Å². The van der Waals surface area contributed by atoms with E-state index >= 15 is 0 Å². The fourth-order valence-electron chi connectivity index (χ4n) is 1.57. The van der Waals surface area contributed by atoms with Gasteiger partial charge in [-0.2, -0.15) is 5.10 Å². The largest absolute Gasteiger partial charge is 0.271 e. The summed E-state index contributed by atoms with van der Waals surface area (Å²) in [5.74, 6) is -0.280. The molecule has 3 nitrogen and oxygen atoms in total. The molecule has 0 bridgehead atoms. The predicted molar refractivity (Wildman–Crippen MR) is 77.6 cm³/mol. The second kappa shape index (κ2) is 6.16. The molecule has 2 rings (SSSR count). The van der Waals surface area contributed by atoms with E-state index in [0.717, 1.165) is 11.3 Å². The third-order valence-corrected chi connectivity index (χ3v) is 2.84. The molecule has 1 N–H and O–H groups in total. The Labute approximate surface area is 116 Å². The van der Waals surface area contributed by atoms with Crippen LogP contribution in [0.5, 0.6) is 0 Å². The van der Waals surface area contributed by atoms with Crippen molar-refractivity contribution in [3.05, 3.63) is 70.7 Å². The van der Waals surface area contributed by atoms with Crippen LogP contribution in [-0.4, -0.2) is 11.6 Å². The van der Waals surface area contributed by atoms with Crippen LogP contribution in [0.25, 0.3) is 0 Å². The topological polar surface area (TPSA) is 41.5 Å². The second-order valence-corrected chi connectivity index (χ2v) is 4.45. The van der Waals surface area contributed by atoms with E-state index in [0.29, 0.717) is 10.6 Å². The first-order valence-corrected chi connectivity index (χ1v) is 6.20. The van der Waals surface area contributed by atoms with Crippen molar-refractivity contribution in [1.82, 2.24) is 5.43 Å². The Hall–Kier alpha value is -2.13. The number of rotatable bonds is 3. The maximum Gasteiger partial charge on any atom is 0.271 e. The molecule has 0 saturated heterocycles. The van der Waals surface area contributed by atoms with Gasteiger partial charge in [-0.3, -0.25) is 4.79 Å². The highest BCUT2D eigenvalue weighted by molar-refractivity contribution is 6.30. The Morgan fingerprint density at radius 1 is 1.05 bits per heavy atom. The van der Waals surface area contributed by atoms with Crippen LogP contribution in [0.3, 0.4) is 0 Å². The van der Waals surface area contributed by atoms with Gasteiger partial charge in [0.2, 0.25) is 0 Å². The van der Waals surface area contributed by atoms with Crippen molar-refractivity contribution in [2.24, 2.45) is 5.10 Å². The summed E-state index contributed by atoms with van der Waals surface area (Å²) in [5, 5.41) is 4.60. The molecule has 2 aromatic carbocycles. The lowest BCUT2D eigenvalue weighted by Crippen LogP contribution is -2.19. The Morgan fingerprint density at radius 2 is 1.74 bits per heavy atom. The van der Waals surface area contributed by atoms with Gasteiger partial charge in [-0.05, 0) is 30.7 Å². The fourth-order valence-corrected chi connectivity index (χ4v) is 1.76. The summed E-state index contributed by atoms with van der Waals surface area (Å²) in [6, 6.07) is 16.4. The first-order chi connectivity index (χ1) is 9.16. The van der Waals surface area contributed by atoms with Crippen LogP contribution in [0.15, 0.2) is 59.7 Å².